The number of carbonyl (C=O) groups excluding carboxylic acids is 2. The van der Waals surface area contributed by atoms with Gasteiger partial charge < -0.3 is 10.2 Å². The van der Waals surface area contributed by atoms with Gasteiger partial charge in [-0.1, -0.05) is 67.3 Å². The van der Waals surface area contributed by atoms with Gasteiger partial charge in [-0.25, -0.2) is 12.8 Å². The lowest BCUT2D eigenvalue weighted by Crippen LogP contribution is -2.53. The van der Waals surface area contributed by atoms with Crippen LogP contribution >= 0.6 is 0 Å². The normalized spacial score (nSPS) is 14.7. The van der Waals surface area contributed by atoms with E-state index >= 15 is 0 Å². The van der Waals surface area contributed by atoms with Crippen molar-refractivity contribution in [2.45, 2.75) is 76.4 Å². The molecule has 7 nitrogen and oxygen atoms in total. The summed E-state index contributed by atoms with van der Waals surface area (Å²) >= 11 is 0. The monoisotopic (exact) mass is 579 g/mol. The highest BCUT2D eigenvalue weighted by molar-refractivity contribution is 7.92. The van der Waals surface area contributed by atoms with E-state index in [-0.39, 0.29) is 29.0 Å². The number of aryl methyl sites for hydroxylation is 2. The number of hydrogen-bond donors (Lipinski definition) is 1. The minimum atomic E-state index is -4.15. The highest BCUT2D eigenvalue weighted by Gasteiger charge is 2.33. The second-order valence-corrected chi connectivity index (χ2v) is 12.7. The van der Waals surface area contributed by atoms with Gasteiger partial charge in [-0.2, -0.15) is 0 Å². The predicted molar refractivity (Wildman–Crippen MR) is 158 cm³/mol. The lowest BCUT2D eigenvalue weighted by Gasteiger charge is -2.33. The largest absolute Gasteiger partial charge is 0.352 e. The van der Waals surface area contributed by atoms with E-state index in [4.69, 9.17) is 0 Å². The van der Waals surface area contributed by atoms with Gasteiger partial charge in [-0.3, -0.25) is 13.9 Å². The minimum absolute atomic E-state index is 0.0230. The molecule has 3 aromatic rings. The number of amides is 2. The van der Waals surface area contributed by atoms with Crippen molar-refractivity contribution in [3.63, 3.8) is 0 Å². The van der Waals surface area contributed by atoms with Gasteiger partial charge in [0.15, 0.2) is 0 Å². The predicted octanol–water partition coefficient (Wildman–Crippen LogP) is 5.50. The van der Waals surface area contributed by atoms with Crippen LogP contribution in [-0.4, -0.2) is 43.8 Å². The molecule has 2 amide bonds. The maximum absolute atomic E-state index is 14.7. The number of anilines is 1. The summed E-state index contributed by atoms with van der Waals surface area (Å²) in [5, 5.41) is 3.05. The van der Waals surface area contributed by atoms with Crippen LogP contribution in [-0.2, 0) is 26.2 Å². The van der Waals surface area contributed by atoms with E-state index in [0.29, 0.717) is 5.69 Å². The number of rotatable bonds is 10. The number of nitrogens with one attached hydrogen (secondary N) is 1. The standard InChI is InChI=1S/C32H38FN3O4S/c1-23-16-18-29(19-17-23)41(39,40)36(28-14-9-10-24(2)20-28)22-31(37)35(21-26-11-7-8-15-30(26)33)25(3)32(38)34-27-12-5-4-6-13-27/h7-11,14-20,25,27H,4-6,12-13,21-22H2,1-3H3,(H,34,38)/t25-/m0/s1. The second-order valence-electron chi connectivity index (χ2n) is 10.8. The van der Waals surface area contributed by atoms with Crippen molar-refractivity contribution in [3.8, 4) is 0 Å². The Hall–Kier alpha value is -3.72. The van der Waals surface area contributed by atoms with Crippen molar-refractivity contribution in [1.29, 1.82) is 0 Å². The Morgan fingerprint density at radius 2 is 1.61 bits per heavy atom. The fraction of sp³-hybridized carbons (Fsp3) is 0.375. The van der Waals surface area contributed by atoms with E-state index in [1.54, 1.807) is 55.5 Å². The van der Waals surface area contributed by atoms with Crippen molar-refractivity contribution < 1.29 is 22.4 Å². The molecule has 1 aliphatic rings. The molecule has 0 saturated heterocycles. The molecule has 0 aliphatic heterocycles. The van der Waals surface area contributed by atoms with Gasteiger partial charge >= 0.3 is 0 Å². The van der Waals surface area contributed by atoms with Crippen molar-refractivity contribution >= 4 is 27.5 Å². The minimum Gasteiger partial charge on any atom is -0.352 e. The highest BCUT2D eigenvalue weighted by atomic mass is 32.2. The summed E-state index contributed by atoms with van der Waals surface area (Å²) in [6, 6.07) is 18.4. The van der Waals surface area contributed by atoms with E-state index in [9.17, 15) is 22.4 Å². The van der Waals surface area contributed by atoms with E-state index in [1.165, 1.54) is 23.1 Å². The fourth-order valence-corrected chi connectivity index (χ4v) is 6.52. The molecule has 0 heterocycles. The van der Waals surface area contributed by atoms with Crippen molar-refractivity contribution in [2.24, 2.45) is 0 Å². The molecule has 1 fully saturated rings. The summed E-state index contributed by atoms with van der Waals surface area (Å²) < 4.78 is 43.6. The van der Waals surface area contributed by atoms with Crippen LogP contribution in [0.3, 0.4) is 0 Å². The quantitative estimate of drug-likeness (QED) is 0.344. The van der Waals surface area contributed by atoms with Crippen molar-refractivity contribution in [2.75, 3.05) is 10.8 Å². The molecule has 218 valence electrons. The first-order valence-electron chi connectivity index (χ1n) is 14.1. The third-order valence-electron chi connectivity index (χ3n) is 7.59. The molecule has 1 aliphatic carbocycles. The number of benzene rings is 3. The van der Waals surface area contributed by atoms with Gasteiger partial charge in [0.2, 0.25) is 11.8 Å². The number of hydrogen-bond acceptors (Lipinski definition) is 4. The maximum Gasteiger partial charge on any atom is 0.264 e. The van der Waals surface area contributed by atoms with Gasteiger partial charge in [-0.15, -0.1) is 0 Å². The fourth-order valence-electron chi connectivity index (χ4n) is 5.11. The van der Waals surface area contributed by atoms with Crippen LogP contribution in [0.1, 0.15) is 55.7 Å². The van der Waals surface area contributed by atoms with Crippen LogP contribution in [0.5, 0.6) is 0 Å². The zero-order valence-corrected chi connectivity index (χ0v) is 24.7. The van der Waals surface area contributed by atoms with Crippen LogP contribution in [0, 0.1) is 19.7 Å². The van der Waals surface area contributed by atoms with E-state index in [2.05, 4.69) is 5.32 Å². The Balaban J connectivity index is 1.68. The maximum atomic E-state index is 14.7. The first-order valence-corrected chi connectivity index (χ1v) is 15.5. The smallest absolute Gasteiger partial charge is 0.264 e. The third kappa shape index (κ3) is 7.52. The molecule has 41 heavy (non-hydrogen) atoms. The Labute approximate surface area is 242 Å². The number of nitrogens with zero attached hydrogens (tertiary/aromatic N) is 2. The summed E-state index contributed by atoms with van der Waals surface area (Å²) in [7, 11) is -4.15. The molecule has 0 radical (unpaired) electrons. The summed E-state index contributed by atoms with van der Waals surface area (Å²) in [5.41, 5.74) is 2.28. The van der Waals surface area contributed by atoms with E-state index in [0.717, 1.165) is 47.5 Å². The van der Waals surface area contributed by atoms with Crippen LogP contribution in [0.4, 0.5) is 10.1 Å². The molecular weight excluding hydrogens is 541 g/mol. The molecule has 0 spiro atoms. The molecular formula is C32H38FN3O4S. The lowest BCUT2D eigenvalue weighted by atomic mass is 9.95. The van der Waals surface area contributed by atoms with Gasteiger partial charge in [0.05, 0.1) is 10.6 Å². The summed E-state index contributed by atoms with van der Waals surface area (Å²) in [6.45, 7) is 4.55. The van der Waals surface area contributed by atoms with Crippen molar-refractivity contribution in [1.82, 2.24) is 10.2 Å². The number of sulfonamides is 1. The second kappa shape index (κ2) is 13.3. The SMILES string of the molecule is Cc1ccc(S(=O)(=O)N(CC(=O)N(Cc2ccccc2F)[C@@H](C)C(=O)NC2CCCCC2)c2cccc(C)c2)cc1. The van der Waals surface area contributed by atoms with Crippen molar-refractivity contribution in [3.05, 3.63) is 95.3 Å². The van der Waals surface area contributed by atoms with Gasteiger partial charge in [-0.05, 0) is 69.5 Å². The Morgan fingerprint density at radius 3 is 2.27 bits per heavy atom. The lowest BCUT2D eigenvalue weighted by molar-refractivity contribution is -0.139. The van der Waals surface area contributed by atoms with E-state index in [1.807, 2.05) is 19.9 Å². The summed E-state index contributed by atoms with van der Waals surface area (Å²) in [6.07, 6.45) is 4.93. The van der Waals surface area contributed by atoms with Crippen LogP contribution in [0.25, 0.3) is 0 Å². The molecule has 0 unspecified atom stereocenters. The Kier molecular flexibility index (Phi) is 9.81. The summed E-state index contributed by atoms with van der Waals surface area (Å²) in [4.78, 5) is 28.7. The molecule has 4 rings (SSSR count). The molecule has 3 aromatic carbocycles. The van der Waals surface area contributed by atoms with Crippen LogP contribution in [0.2, 0.25) is 0 Å². The first-order chi connectivity index (χ1) is 19.6. The highest BCUT2D eigenvalue weighted by Crippen LogP contribution is 2.26. The molecule has 1 saturated carbocycles. The number of carbonyl (C=O) groups is 2. The van der Waals surface area contributed by atoms with E-state index < -0.39 is 34.3 Å². The van der Waals surface area contributed by atoms with Crippen LogP contribution in [0.15, 0.2) is 77.7 Å². The Bertz CT molecular complexity index is 1470. The third-order valence-corrected chi connectivity index (χ3v) is 9.38. The summed E-state index contributed by atoms with van der Waals surface area (Å²) in [5.74, 6) is -1.46. The van der Waals surface area contributed by atoms with Gasteiger partial charge in [0.25, 0.3) is 10.0 Å². The molecule has 1 atom stereocenters. The molecule has 0 aromatic heterocycles. The molecule has 9 heteroatoms. The number of halogens is 1. The Morgan fingerprint density at radius 1 is 0.927 bits per heavy atom. The van der Waals surface area contributed by atoms with Gasteiger partial charge in [0, 0.05) is 18.2 Å². The topological polar surface area (TPSA) is 86.8 Å². The molecule has 1 N–H and O–H groups in total. The average Bonchev–Trinajstić information content (AvgIpc) is 2.95. The molecule has 0 bridgehead atoms. The zero-order chi connectivity index (χ0) is 29.6. The van der Waals surface area contributed by atoms with Gasteiger partial charge in [0.1, 0.15) is 18.4 Å². The average molecular weight is 580 g/mol. The van der Waals surface area contributed by atoms with Crippen LogP contribution < -0.4 is 9.62 Å². The first kappa shape index (κ1) is 30.2. The zero-order valence-electron chi connectivity index (χ0n) is 23.8.